The number of ketones is 2. The van der Waals surface area contributed by atoms with Crippen LogP contribution in [0.2, 0.25) is 0 Å². The first-order valence-electron chi connectivity index (χ1n) is 7.89. The first kappa shape index (κ1) is 17.1. The fraction of sp³-hybridized carbons (Fsp3) is 0.647. The predicted octanol–water partition coefficient (Wildman–Crippen LogP) is 3.26. The molecule has 1 heterocycles. The Hall–Kier alpha value is -1.23. The molecule has 1 aliphatic rings. The third-order valence-electron chi connectivity index (χ3n) is 4.41. The van der Waals surface area contributed by atoms with Gasteiger partial charge in [0, 0.05) is 18.1 Å². The van der Waals surface area contributed by atoms with E-state index in [0.29, 0.717) is 23.8 Å². The number of Topliss-reactive ketones (excluding diaryl/α,β-unsaturated/α-hetero) is 2. The van der Waals surface area contributed by atoms with E-state index in [0.717, 1.165) is 23.3 Å². The van der Waals surface area contributed by atoms with Gasteiger partial charge in [0.2, 0.25) is 0 Å². The maximum Gasteiger partial charge on any atom is 0.149 e. The van der Waals surface area contributed by atoms with E-state index >= 15 is 0 Å². The number of carbonyl (C=O) groups is 2. The molecule has 0 radical (unpaired) electrons. The van der Waals surface area contributed by atoms with Crippen molar-refractivity contribution in [1.29, 1.82) is 0 Å². The lowest BCUT2D eigenvalue weighted by molar-refractivity contribution is -0.133. The Morgan fingerprint density at radius 2 is 1.91 bits per heavy atom. The lowest BCUT2D eigenvalue weighted by atomic mass is 9.76. The van der Waals surface area contributed by atoms with Gasteiger partial charge in [-0.2, -0.15) is 22.0 Å². The van der Waals surface area contributed by atoms with Gasteiger partial charge in [0.05, 0.1) is 11.9 Å². The molecule has 1 unspecified atom stereocenters. The molecule has 4 nitrogen and oxygen atoms in total. The van der Waals surface area contributed by atoms with Crippen LogP contribution < -0.4 is 0 Å². The van der Waals surface area contributed by atoms with E-state index in [1.807, 2.05) is 25.6 Å². The number of hydrogen-bond acceptors (Lipinski definition) is 5. The highest BCUT2D eigenvalue weighted by Gasteiger charge is 2.38. The number of hydrogen-bond donors (Lipinski definition) is 0. The van der Waals surface area contributed by atoms with E-state index in [1.54, 1.807) is 6.20 Å². The van der Waals surface area contributed by atoms with E-state index in [-0.39, 0.29) is 17.5 Å². The first-order chi connectivity index (χ1) is 10.4. The van der Waals surface area contributed by atoms with Crippen LogP contribution in [0, 0.1) is 19.8 Å². The second-order valence-electron chi connectivity index (χ2n) is 6.18. The molecule has 0 N–H and O–H groups in total. The summed E-state index contributed by atoms with van der Waals surface area (Å²) in [6.07, 6.45) is 3.57. The normalized spacial score (nSPS) is 23.6. The molecule has 0 aliphatic heterocycles. The zero-order valence-electron chi connectivity index (χ0n) is 13.8. The summed E-state index contributed by atoms with van der Waals surface area (Å²) in [5.74, 6) is 0.577. The summed E-state index contributed by atoms with van der Waals surface area (Å²) in [5, 5.41) is 8.50. The third kappa shape index (κ3) is 3.75. The summed E-state index contributed by atoms with van der Waals surface area (Å²) < 4.78 is 0. The maximum absolute atomic E-state index is 12.5. The number of aromatic nitrogens is 2. The highest BCUT2D eigenvalue weighted by molar-refractivity contribution is 7.99. The van der Waals surface area contributed by atoms with Crippen molar-refractivity contribution in [2.75, 3.05) is 5.75 Å². The Balaban J connectivity index is 2.13. The van der Waals surface area contributed by atoms with E-state index in [2.05, 4.69) is 24.0 Å². The molecule has 1 fully saturated rings. The molecule has 1 aromatic rings. The van der Waals surface area contributed by atoms with Gasteiger partial charge in [0.15, 0.2) is 0 Å². The fourth-order valence-electron chi connectivity index (χ4n) is 3.18. The molecule has 2 rings (SSSR count). The molecule has 22 heavy (non-hydrogen) atoms. The quantitative estimate of drug-likeness (QED) is 0.779. The summed E-state index contributed by atoms with van der Waals surface area (Å²) in [4.78, 5) is 25.0. The van der Waals surface area contributed by atoms with Crippen molar-refractivity contribution in [3.8, 4) is 0 Å². The summed E-state index contributed by atoms with van der Waals surface area (Å²) in [7, 11) is 0. The lowest BCUT2D eigenvalue weighted by Crippen LogP contribution is -2.34. The number of thioether (sulfide) groups is 1. The van der Waals surface area contributed by atoms with Crippen molar-refractivity contribution >= 4 is 23.3 Å². The van der Waals surface area contributed by atoms with E-state index in [4.69, 9.17) is 0 Å². The molecule has 1 aromatic heterocycles. The van der Waals surface area contributed by atoms with Crippen LogP contribution in [-0.2, 0) is 9.59 Å². The van der Waals surface area contributed by atoms with Gasteiger partial charge in [0.1, 0.15) is 17.5 Å². The van der Waals surface area contributed by atoms with E-state index < -0.39 is 5.92 Å². The molecule has 0 amide bonds. The van der Waals surface area contributed by atoms with Gasteiger partial charge in [-0.25, -0.2) is 0 Å². The van der Waals surface area contributed by atoms with Gasteiger partial charge >= 0.3 is 0 Å². The molecule has 5 heteroatoms. The number of rotatable bonds is 5. The van der Waals surface area contributed by atoms with Crippen molar-refractivity contribution < 1.29 is 9.59 Å². The fourth-order valence-corrected chi connectivity index (χ4v) is 4.15. The molecular formula is C17H24N2O2S. The molecule has 0 aromatic carbocycles. The summed E-state index contributed by atoms with van der Waals surface area (Å²) in [6, 6.07) is 0. The minimum absolute atomic E-state index is 0.0120. The zero-order valence-corrected chi connectivity index (χ0v) is 14.6. The van der Waals surface area contributed by atoms with Gasteiger partial charge in [-0.05, 0) is 43.1 Å². The Morgan fingerprint density at radius 1 is 1.27 bits per heavy atom. The molecule has 0 saturated heterocycles. The topological polar surface area (TPSA) is 59.9 Å². The lowest BCUT2D eigenvalue weighted by Gasteiger charge is -2.28. The minimum atomic E-state index is -0.696. The van der Waals surface area contributed by atoms with E-state index in [9.17, 15) is 9.59 Å². The van der Waals surface area contributed by atoms with E-state index in [1.165, 1.54) is 0 Å². The van der Waals surface area contributed by atoms with Crippen molar-refractivity contribution in [1.82, 2.24) is 10.2 Å². The van der Waals surface area contributed by atoms with Crippen molar-refractivity contribution in [3.63, 3.8) is 0 Å². The number of carbonyl (C=O) groups excluding carboxylic acids is 2. The largest absolute Gasteiger partial charge is 0.298 e. The van der Waals surface area contributed by atoms with Gasteiger partial charge in [-0.3, -0.25) is 9.59 Å². The van der Waals surface area contributed by atoms with Gasteiger partial charge in [0.25, 0.3) is 0 Å². The highest BCUT2D eigenvalue weighted by atomic mass is 32.2. The Kier molecular flexibility index (Phi) is 5.73. The maximum atomic E-state index is 12.5. The summed E-state index contributed by atoms with van der Waals surface area (Å²) in [5.41, 5.74) is 2.44. The van der Waals surface area contributed by atoms with Gasteiger partial charge < -0.3 is 0 Å². The van der Waals surface area contributed by atoms with Gasteiger partial charge in [-0.1, -0.05) is 13.8 Å². The second kappa shape index (κ2) is 7.36. The Morgan fingerprint density at radius 3 is 2.50 bits per heavy atom. The second-order valence-corrected chi connectivity index (χ2v) is 7.89. The van der Waals surface area contributed by atoms with Crippen LogP contribution in [0.25, 0.3) is 0 Å². The molecule has 1 atom stereocenters. The van der Waals surface area contributed by atoms with Gasteiger partial charge in [-0.15, -0.1) is 0 Å². The minimum Gasteiger partial charge on any atom is -0.298 e. The molecule has 1 aliphatic carbocycles. The monoisotopic (exact) mass is 320 g/mol. The van der Waals surface area contributed by atoms with Crippen molar-refractivity contribution in [2.45, 2.75) is 58.1 Å². The average molecular weight is 320 g/mol. The smallest absolute Gasteiger partial charge is 0.149 e. The zero-order chi connectivity index (χ0) is 16.3. The van der Waals surface area contributed by atoms with Crippen LogP contribution in [0.5, 0.6) is 0 Å². The summed E-state index contributed by atoms with van der Waals surface area (Å²) >= 11 is 1.88. The SMILES string of the molecule is CCSC(C)CC1CC(=O)C(c2nncc(C)c2C)C(=O)C1. The number of aryl methyl sites for hydroxylation is 1. The van der Waals surface area contributed by atoms with Crippen LogP contribution in [0.4, 0.5) is 0 Å². The van der Waals surface area contributed by atoms with Crippen LogP contribution in [-0.4, -0.2) is 32.8 Å². The molecule has 0 bridgehead atoms. The van der Waals surface area contributed by atoms with Crippen LogP contribution in [0.15, 0.2) is 6.20 Å². The number of nitrogens with zero attached hydrogens (tertiary/aromatic N) is 2. The highest BCUT2D eigenvalue weighted by Crippen LogP contribution is 2.34. The predicted molar refractivity (Wildman–Crippen MR) is 89.2 cm³/mol. The van der Waals surface area contributed by atoms with Crippen molar-refractivity contribution in [2.24, 2.45) is 5.92 Å². The van der Waals surface area contributed by atoms with Crippen LogP contribution >= 0.6 is 11.8 Å². The standard InChI is InChI=1S/C17H24N2O2S/c1-5-22-11(3)6-13-7-14(20)16(15(21)8-13)17-12(4)10(2)9-18-19-17/h9,11,13,16H,5-8H2,1-4H3. The van der Waals surface area contributed by atoms with Crippen molar-refractivity contribution in [3.05, 3.63) is 23.0 Å². The molecular weight excluding hydrogens is 296 g/mol. The summed E-state index contributed by atoms with van der Waals surface area (Å²) in [6.45, 7) is 8.14. The van der Waals surface area contributed by atoms with Crippen LogP contribution in [0.3, 0.4) is 0 Å². The third-order valence-corrected chi connectivity index (χ3v) is 5.50. The molecule has 120 valence electrons. The first-order valence-corrected chi connectivity index (χ1v) is 8.94. The Bertz CT molecular complexity index is 556. The molecule has 0 spiro atoms. The van der Waals surface area contributed by atoms with Crippen LogP contribution in [0.1, 0.15) is 55.8 Å². The Labute approximate surface area is 136 Å². The molecule has 1 saturated carbocycles. The average Bonchev–Trinajstić information content (AvgIpc) is 2.43.